The quantitative estimate of drug-likeness (QED) is 0.803. The summed E-state index contributed by atoms with van der Waals surface area (Å²) in [5.41, 5.74) is 3.09. The molecule has 0 aliphatic heterocycles. The summed E-state index contributed by atoms with van der Waals surface area (Å²) in [6, 6.07) is 11.2. The Bertz CT molecular complexity index is 793. The molecule has 0 atom stereocenters. The standard InChI is InChI=1S/C16H14FN3O/c1-11-14(20-9-3-2-4-15(20)19-11)10-18-16(21)12-5-7-13(17)8-6-12/h2-9H,10H2,1H3,(H,18,21). The Kier molecular flexibility index (Phi) is 3.39. The van der Waals surface area contributed by atoms with Crippen molar-refractivity contribution in [2.24, 2.45) is 0 Å². The molecule has 0 spiro atoms. The number of pyridine rings is 1. The van der Waals surface area contributed by atoms with Gasteiger partial charge in [-0.05, 0) is 43.3 Å². The third kappa shape index (κ3) is 2.63. The number of rotatable bonds is 3. The van der Waals surface area contributed by atoms with E-state index in [-0.39, 0.29) is 11.7 Å². The molecule has 2 aromatic heterocycles. The molecule has 0 aliphatic carbocycles. The van der Waals surface area contributed by atoms with E-state index in [2.05, 4.69) is 10.3 Å². The van der Waals surface area contributed by atoms with E-state index in [1.54, 1.807) is 0 Å². The maximum Gasteiger partial charge on any atom is 0.251 e. The van der Waals surface area contributed by atoms with E-state index in [9.17, 15) is 9.18 Å². The van der Waals surface area contributed by atoms with Gasteiger partial charge in [0.05, 0.1) is 17.9 Å². The number of aryl methyl sites for hydroxylation is 1. The molecule has 1 amide bonds. The van der Waals surface area contributed by atoms with Crippen molar-refractivity contribution in [2.45, 2.75) is 13.5 Å². The number of nitrogens with zero attached hydrogens (tertiary/aromatic N) is 2. The van der Waals surface area contributed by atoms with E-state index in [1.807, 2.05) is 35.7 Å². The molecule has 0 saturated heterocycles. The Labute approximate surface area is 121 Å². The van der Waals surface area contributed by atoms with Gasteiger partial charge >= 0.3 is 0 Å². The highest BCUT2D eigenvalue weighted by Gasteiger charge is 2.10. The number of hydrogen-bond donors (Lipinski definition) is 1. The lowest BCUT2D eigenvalue weighted by molar-refractivity contribution is 0.0950. The number of nitrogens with one attached hydrogen (secondary N) is 1. The molecule has 0 unspecified atom stereocenters. The minimum Gasteiger partial charge on any atom is -0.346 e. The number of aromatic nitrogens is 2. The van der Waals surface area contributed by atoms with Crippen molar-refractivity contribution >= 4 is 11.6 Å². The fraction of sp³-hybridized carbons (Fsp3) is 0.125. The molecular weight excluding hydrogens is 269 g/mol. The van der Waals surface area contributed by atoms with Crippen LogP contribution >= 0.6 is 0 Å². The fourth-order valence-corrected chi connectivity index (χ4v) is 2.24. The van der Waals surface area contributed by atoms with Crippen LogP contribution in [0, 0.1) is 12.7 Å². The molecule has 0 fully saturated rings. The van der Waals surface area contributed by atoms with E-state index in [0.717, 1.165) is 17.0 Å². The summed E-state index contributed by atoms with van der Waals surface area (Å²) in [4.78, 5) is 16.5. The summed E-state index contributed by atoms with van der Waals surface area (Å²) in [5.74, 6) is -0.593. The van der Waals surface area contributed by atoms with Crippen LogP contribution in [0.15, 0.2) is 48.7 Å². The summed E-state index contributed by atoms with van der Waals surface area (Å²) in [5, 5.41) is 2.83. The fourth-order valence-electron chi connectivity index (χ4n) is 2.24. The zero-order valence-corrected chi connectivity index (χ0v) is 11.5. The molecule has 2 heterocycles. The maximum atomic E-state index is 12.8. The molecule has 4 nitrogen and oxygen atoms in total. The van der Waals surface area contributed by atoms with Gasteiger partial charge in [0.15, 0.2) is 0 Å². The van der Waals surface area contributed by atoms with Crippen molar-refractivity contribution in [3.63, 3.8) is 0 Å². The lowest BCUT2D eigenvalue weighted by Gasteiger charge is -2.06. The smallest absolute Gasteiger partial charge is 0.251 e. The Balaban J connectivity index is 1.79. The highest BCUT2D eigenvalue weighted by Crippen LogP contribution is 2.11. The van der Waals surface area contributed by atoms with Crippen LogP contribution in [-0.4, -0.2) is 15.3 Å². The number of benzene rings is 1. The molecule has 0 bridgehead atoms. The molecule has 5 heteroatoms. The van der Waals surface area contributed by atoms with Crippen LogP contribution in [-0.2, 0) is 6.54 Å². The van der Waals surface area contributed by atoms with Crippen LogP contribution in [0.3, 0.4) is 0 Å². The zero-order valence-electron chi connectivity index (χ0n) is 11.5. The van der Waals surface area contributed by atoms with Crippen LogP contribution in [0.4, 0.5) is 4.39 Å². The molecule has 3 rings (SSSR count). The molecule has 3 aromatic rings. The monoisotopic (exact) mass is 283 g/mol. The van der Waals surface area contributed by atoms with Crippen LogP contribution in [0.25, 0.3) is 5.65 Å². The number of carbonyl (C=O) groups excluding carboxylic acids is 1. The van der Waals surface area contributed by atoms with Crippen molar-refractivity contribution in [3.8, 4) is 0 Å². The molecular formula is C16H14FN3O. The van der Waals surface area contributed by atoms with E-state index in [4.69, 9.17) is 0 Å². The van der Waals surface area contributed by atoms with Crippen molar-refractivity contribution in [1.82, 2.24) is 14.7 Å². The first-order valence-corrected chi connectivity index (χ1v) is 6.61. The number of imidazole rings is 1. The second-order valence-corrected chi connectivity index (χ2v) is 4.76. The Morgan fingerprint density at radius 3 is 2.76 bits per heavy atom. The van der Waals surface area contributed by atoms with E-state index in [1.165, 1.54) is 24.3 Å². The van der Waals surface area contributed by atoms with Crippen LogP contribution in [0.2, 0.25) is 0 Å². The van der Waals surface area contributed by atoms with Crippen molar-refractivity contribution < 1.29 is 9.18 Å². The normalized spacial score (nSPS) is 10.8. The molecule has 0 saturated carbocycles. The molecule has 0 aliphatic rings. The zero-order chi connectivity index (χ0) is 14.8. The van der Waals surface area contributed by atoms with Crippen LogP contribution in [0.1, 0.15) is 21.7 Å². The summed E-state index contributed by atoms with van der Waals surface area (Å²) in [7, 11) is 0. The first-order valence-electron chi connectivity index (χ1n) is 6.61. The number of amides is 1. The SMILES string of the molecule is Cc1nc2ccccn2c1CNC(=O)c1ccc(F)cc1. The third-order valence-electron chi connectivity index (χ3n) is 3.35. The lowest BCUT2D eigenvalue weighted by Crippen LogP contribution is -2.23. The van der Waals surface area contributed by atoms with E-state index in [0.29, 0.717) is 12.1 Å². The lowest BCUT2D eigenvalue weighted by atomic mass is 10.2. The van der Waals surface area contributed by atoms with Gasteiger partial charge < -0.3 is 9.72 Å². The van der Waals surface area contributed by atoms with Crippen molar-refractivity contribution in [2.75, 3.05) is 0 Å². The largest absolute Gasteiger partial charge is 0.346 e. The van der Waals surface area contributed by atoms with Gasteiger partial charge in [-0.1, -0.05) is 6.07 Å². The number of hydrogen-bond acceptors (Lipinski definition) is 2. The van der Waals surface area contributed by atoms with Gasteiger partial charge in [-0.2, -0.15) is 0 Å². The van der Waals surface area contributed by atoms with E-state index < -0.39 is 0 Å². The van der Waals surface area contributed by atoms with Gasteiger partial charge in [-0.15, -0.1) is 0 Å². The number of carbonyl (C=O) groups is 1. The minimum atomic E-state index is -0.357. The summed E-state index contributed by atoms with van der Waals surface area (Å²) >= 11 is 0. The van der Waals surface area contributed by atoms with Crippen LogP contribution < -0.4 is 5.32 Å². The number of fused-ring (bicyclic) bond motifs is 1. The Hall–Kier alpha value is -2.69. The van der Waals surface area contributed by atoms with Gasteiger partial charge in [0, 0.05) is 11.8 Å². The second kappa shape index (κ2) is 5.36. The predicted molar refractivity (Wildman–Crippen MR) is 77.5 cm³/mol. The molecule has 106 valence electrons. The van der Waals surface area contributed by atoms with Gasteiger partial charge in [-0.25, -0.2) is 9.37 Å². The molecule has 21 heavy (non-hydrogen) atoms. The minimum absolute atomic E-state index is 0.236. The van der Waals surface area contributed by atoms with Crippen molar-refractivity contribution in [3.05, 3.63) is 71.4 Å². The first-order chi connectivity index (χ1) is 10.1. The highest BCUT2D eigenvalue weighted by atomic mass is 19.1. The third-order valence-corrected chi connectivity index (χ3v) is 3.35. The second-order valence-electron chi connectivity index (χ2n) is 4.76. The van der Waals surface area contributed by atoms with Gasteiger partial charge in [0.25, 0.3) is 5.91 Å². The van der Waals surface area contributed by atoms with E-state index >= 15 is 0 Å². The Morgan fingerprint density at radius 1 is 1.24 bits per heavy atom. The average molecular weight is 283 g/mol. The van der Waals surface area contributed by atoms with Gasteiger partial charge in [0.1, 0.15) is 11.5 Å². The topological polar surface area (TPSA) is 46.4 Å². The molecule has 1 aromatic carbocycles. The maximum absolute atomic E-state index is 12.8. The van der Waals surface area contributed by atoms with Crippen molar-refractivity contribution in [1.29, 1.82) is 0 Å². The molecule has 1 N–H and O–H groups in total. The number of halogens is 1. The summed E-state index contributed by atoms with van der Waals surface area (Å²) in [6.07, 6.45) is 1.91. The first kappa shape index (κ1) is 13.3. The Morgan fingerprint density at radius 2 is 2.00 bits per heavy atom. The predicted octanol–water partition coefficient (Wildman–Crippen LogP) is 2.71. The highest BCUT2D eigenvalue weighted by molar-refractivity contribution is 5.94. The average Bonchev–Trinajstić information content (AvgIpc) is 2.81. The molecule has 0 radical (unpaired) electrons. The van der Waals surface area contributed by atoms with Gasteiger partial charge in [-0.3, -0.25) is 4.79 Å². The summed E-state index contributed by atoms with van der Waals surface area (Å²) < 4.78 is 14.8. The van der Waals surface area contributed by atoms with Gasteiger partial charge in [0.2, 0.25) is 0 Å². The summed E-state index contributed by atoms with van der Waals surface area (Å²) in [6.45, 7) is 2.28. The van der Waals surface area contributed by atoms with Crippen LogP contribution in [0.5, 0.6) is 0 Å².